The van der Waals surface area contributed by atoms with Crippen LogP contribution >= 0.6 is 0 Å². The normalized spacial score (nSPS) is 54.1. The minimum atomic E-state index is -2.11. The first-order chi connectivity index (χ1) is 30.0. The molecule has 64 heavy (non-hydrogen) atoms. The zero-order valence-electron chi connectivity index (χ0n) is 41.0. The first-order valence-electron chi connectivity index (χ1n) is 24.2. The topological polar surface area (TPSA) is 189 Å². The molecule has 0 bridgehead atoms. The quantitative estimate of drug-likeness (QED) is 0.207. The first kappa shape index (κ1) is 50.8. The Labute approximate surface area is 381 Å². The fourth-order valence-corrected chi connectivity index (χ4v) is 13.3. The second-order valence-corrected chi connectivity index (χ2v) is 21.3. The maximum Gasteiger partial charge on any atom is 0.311 e. The molecule has 370 valence electrons. The molecule has 1 spiro atoms. The Morgan fingerprint density at radius 3 is 1.97 bits per heavy atom. The van der Waals surface area contributed by atoms with Crippen molar-refractivity contribution in [2.24, 2.45) is 35.5 Å². The average molecular weight is 915 g/mol. The lowest BCUT2D eigenvalue weighted by atomic mass is 9.71. The van der Waals surface area contributed by atoms with Crippen LogP contribution in [0.15, 0.2) is 0 Å². The van der Waals surface area contributed by atoms with Gasteiger partial charge in [0.25, 0.3) is 0 Å². The molecule has 24 unspecified atom stereocenters. The van der Waals surface area contributed by atoms with Crippen LogP contribution in [0.5, 0.6) is 0 Å². The van der Waals surface area contributed by atoms with Gasteiger partial charge in [-0.05, 0) is 79.1 Å². The van der Waals surface area contributed by atoms with Gasteiger partial charge in [0.1, 0.15) is 17.1 Å². The van der Waals surface area contributed by atoms with E-state index in [-0.39, 0.29) is 78.9 Å². The maximum atomic E-state index is 12.5. The molecule has 0 aromatic heterocycles. The summed E-state index contributed by atoms with van der Waals surface area (Å²) in [7, 11) is 6.61. The number of carboxylic acid groups (broad SMARTS) is 1. The number of aliphatic carboxylic acids is 1. The average Bonchev–Trinajstić information content (AvgIpc) is 3.98. The van der Waals surface area contributed by atoms with Gasteiger partial charge in [-0.2, -0.15) is 0 Å². The Morgan fingerprint density at radius 1 is 0.703 bits per heavy atom. The lowest BCUT2D eigenvalue weighted by Crippen LogP contribution is -2.71. The number of aliphatic hydroxyl groups is 2. The molecule has 3 N–H and O–H groups in total. The monoisotopic (exact) mass is 915 g/mol. The summed E-state index contributed by atoms with van der Waals surface area (Å²) < 4.78 is 79.0. The van der Waals surface area contributed by atoms with Crippen LogP contribution in [0.4, 0.5) is 0 Å². The van der Waals surface area contributed by atoms with Crippen molar-refractivity contribution in [3.63, 3.8) is 0 Å². The van der Waals surface area contributed by atoms with E-state index in [1.54, 1.807) is 42.3 Å². The van der Waals surface area contributed by atoms with Crippen LogP contribution in [0, 0.1) is 35.5 Å². The molecular formula is C48H82O16. The zero-order chi connectivity index (χ0) is 46.9. The fourth-order valence-electron chi connectivity index (χ4n) is 13.3. The van der Waals surface area contributed by atoms with E-state index in [0.29, 0.717) is 19.3 Å². The lowest BCUT2D eigenvalue weighted by molar-refractivity contribution is -0.403. The zero-order valence-corrected chi connectivity index (χ0v) is 41.0. The summed E-state index contributed by atoms with van der Waals surface area (Å²) >= 11 is 0. The van der Waals surface area contributed by atoms with Crippen LogP contribution in [-0.2, 0) is 61.6 Å². The number of ether oxygens (including phenoxy) is 12. The number of hydrogen-bond acceptors (Lipinski definition) is 15. The van der Waals surface area contributed by atoms with Gasteiger partial charge in [-0.25, -0.2) is 0 Å². The fraction of sp³-hybridized carbons (Fsp3) is 0.979. The molecule has 0 amide bonds. The van der Waals surface area contributed by atoms with Crippen LogP contribution in [0.3, 0.4) is 0 Å². The molecular weight excluding hydrogens is 833 g/mol. The van der Waals surface area contributed by atoms with Gasteiger partial charge in [-0.3, -0.25) is 4.79 Å². The molecule has 0 aromatic carbocycles. The largest absolute Gasteiger partial charge is 0.481 e. The molecule has 7 aliphatic rings. The van der Waals surface area contributed by atoms with Crippen molar-refractivity contribution in [1.29, 1.82) is 0 Å². The van der Waals surface area contributed by atoms with Crippen LogP contribution in [0.2, 0.25) is 0 Å². The summed E-state index contributed by atoms with van der Waals surface area (Å²) in [6.45, 7) is 19.2. The SMILES string of the molecule is COC1CCC(OC2(C)C(CC3CC(OC)C(C)C4(O3)OC(C)(C3CCC(C5CCC(C6OC(C)(O)C(C)CC6C)O5)O3)C(OC)C4C)OC(O)(C(C)C(=O)O)C(C)C2OC)OC1C. The minimum Gasteiger partial charge on any atom is -0.481 e. The van der Waals surface area contributed by atoms with Crippen LogP contribution < -0.4 is 0 Å². The van der Waals surface area contributed by atoms with E-state index in [0.717, 1.165) is 32.1 Å². The van der Waals surface area contributed by atoms with Crippen molar-refractivity contribution >= 4 is 5.97 Å². The standard InChI is InChI=1S/C48H82O16/c1-24-21-25(2)46(10,51)63-40(24)35-16-15-33(58-35)34-17-19-37(59-34)45(9)42(56-14)28(5)48(64-45)26(3)36(54-12)22-31(60-48)23-38-44(8,62-39-20-18-32(53-11)30(7)57-39)41(55-13)27(4)47(52,61-38)29(6)43(49)50/h24-42,51-52H,15-23H2,1-14H3,(H,49,50). The van der Waals surface area contributed by atoms with Gasteiger partial charge >= 0.3 is 5.97 Å². The molecule has 7 saturated heterocycles. The summed E-state index contributed by atoms with van der Waals surface area (Å²) in [5.74, 6) is -8.05. The van der Waals surface area contributed by atoms with E-state index in [1.807, 2.05) is 20.8 Å². The van der Waals surface area contributed by atoms with E-state index in [9.17, 15) is 20.1 Å². The molecule has 7 aliphatic heterocycles. The van der Waals surface area contributed by atoms with Gasteiger partial charge in [0.15, 0.2) is 23.7 Å². The summed E-state index contributed by atoms with van der Waals surface area (Å²) in [6.07, 6.45) is 1.06. The van der Waals surface area contributed by atoms with E-state index in [2.05, 4.69) is 27.7 Å². The Bertz CT molecular complexity index is 1600. The Balaban J connectivity index is 1.13. The third kappa shape index (κ3) is 8.77. The smallest absolute Gasteiger partial charge is 0.311 e. The second-order valence-electron chi connectivity index (χ2n) is 21.3. The number of carboxylic acids is 1. The minimum absolute atomic E-state index is 0.0384. The van der Waals surface area contributed by atoms with Crippen LogP contribution in [-0.4, -0.2) is 158 Å². The molecule has 16 heteroatoms. The van der Waals surface area contributed by atoms with E-state index in [4.69, 9.17) is 56.8 Å². The van der Waals surface area contributed by atoms with E-state index in [1.165, 1.54) is 6.92 Å². The first-order valence-corrected chi connectivity index (χ1v) is 24.2. The Kier molecular flexibility index (Phi) is 15.1. The molecule has 7 fully saturated rings. The van der Waals surface area contributed by atoms with E-state index < -0.39 is 77.1 Å². The molecule has 16 nitrogen and oxygen atoms in total. The van der Waals surface area contributed by atoms with Crippen molar-refractivity contribution in [3.05, 3.63) is 0 Å². The van der Waals surface area contributed by atoms with Crippen LogP contribution in [0.1, 0.15) is 127 Å². The molecule has 7 heterocycles. The summed E-state index contributed by atoms with van der Waals surface area (Å²) in [5.41, 5.74) is -2.16. The van der Waals surface area contributed by atoms with Gasteiger partial charge in [0.05, 0.1) is 73.2 Å². The van der Waals surface area contributed by atoms with E-state index >= 15 is 0 Å². The number of carbonyl (C=O) groups is 1. The third-order valence-electron chi connectivity index (χ3n) is 17.4. The molecule has 7 rings (SSSR count). The molecule has 0 aliphatic carbocycles. The molecule has 0 saturated carbocycles. The number of methoxy groups -OCH3 is 4. The van der Waals surface area contributed by atoms with Gasteiger partial charge in [-0.1, -0.05) is 34.6 Å². The van der Waals surface area contributed by atoms with Crippen molar-refractivity contribution < 1.29 is 77.0 Å². The second kappa shape index (κ2) is 19.0. The highest BCUT2D eigenvalue weighted by Gasteiger charge is 2.70. The molecule has 24 atom stereocenters. The van der Waals surface area contributed by atoms with Gasteiger partial charge in [0, 0.05) is 71.4 Å². The summed E-state index contributed by atoms with van der Waals surface area (Å²) in [6, 6.07) is 0. The third-order valence-corrected chi connectivity index (χ3v) is 17.4. The highest BCUT2D eigenvalue weighted by atomic mass is 16.8. The summed E-state index contributed by atoms with van der Waals surface area (Å²) in [4.78, 5) is 12.5. The molecule has 0 aromatic rings. The van der Waals surface area contributed by atoms with Crippen molar-refractivity contribution in [2.45, 2.75) is 235 Å². The highest BCUT2D eigenvalue weighted by molar-refractivity contribution is 5.70. The predicted octanol–water partition coefficient (Wildman–Crippen LogP) is 5.59. The van der Waals surface area contributed by atoms with Gasteiger partial charge in [0.2, 0.25) is 0 Å². The van der Waals surface area contributed by atoms with Crippen molar-refractivity contribution in [1.82, 2.24) is 0 Å². The summed E-state index contributed by atoms with van der Waals surface area (Å²) in [5, 5.41) is 33.5. The molecule has 0 radical (unpaired) electrons. The Hall–Kier alpha value is -1.09. The van der Waals surface area contributed by atoms with Crippen LogP contribution in [0.25, 0.3) is 0 Å². The predicted molar refractivity (Wildman–Crippen MR) is 231 cm³/mol. The number of rotatable bonds is 13. The lowest BCUT2D eigenvalue weighted by Gasteiger charge is -2.58. The van der Waals surface area contributed by atoms with Crippen molar-refractivity contribution in [3.8, 4) is 0 Å². The Morgan fingerprint density at radius 2 is 1.34 bits per heavy atom. The maximum absolute atomic E-state index is 12.5. The van der Waals surface area contributed by atoms with Gasteiger partial charge < -0.3 is 72.2 Å². The highest BCUT2D eigenvalue weighted by Crippen LogP contribution is 2.57. The number of hydrogen-bond donors (Lipinski definition) is 3. The van der Waals surface area contributed by atoms with Crippen molar-refractivity contribution in [2.75, 3.05) is 28.4 Å². The van der Waals surface area contributed by atoms with Gasteiger partial charge in [-0.15, -0.1) is 0 Å².